The zero-order valence-electron chi connectivity index (χ0n) is 11.7. The first kappa shape index (κ1) is 15.0. The zero-order chi connectivity index (χ0) is 13.9. The molecular weight excluding hydrogens is 232 g/mol. The first-order valence-corrected chi connectivity index (χ1v) is 6.50. The van der Waals surface area contributed by atoms with Gasteiger partial charge in [0.15, 0.2) is 0 Å². The highest BCUT2D eigenvalue weighted by Crippen LogP contribution is 2.28. The van der Waals surface area contributed by atoms with Gasteiger partial charge in [-0.1, -0.05) is 0 Å². The van der Waals surface area contributed by atoms with Crippen molar-refractivity contribution in [1.29, 1.82) is 0 Å². The lowest BCUT2D eigenvalue weighted by Crippen LogP contribution is -2.52. The number of hydrogen-bond donors (Lipinski definition) is 2. The standard InChI is InChI=1S/C13H24N2O3/c1-9(12(18)14-13(2,3)4)15(10-5-6-10)8-7-11(16)17/h9-10H,5-8H2,1-4H3,(H,14,18)(H,16,17). The van der Waals surface area contributed by atoms with E-state index >= 15 is 0 Å². The van der Waals surface area contributed by atoms with Gasteiger partial charge >= 0.3 is 5.97 Å². The van der Waals surface area contributed by atoms with E-state index in [2.05, 4.69) is 5.32 Å². The van der Waals surface area contributed by atoms with Crippen LogP contribution in [0.1, 0.15) is 47.0 Å². The smallest absolute Gasteiger partial charge is 0.304 e. The molecule has 1 atom stereocenters. The third-order valence-electron chi connectivity index (χ3n) is 2.97. The number of nitrogens with zero attached hydrogens (tertiary/aromatic N) is 1. The largest absolute Gasteiger partial charge is 0.481 e. The Bertz CT molecular complexity index is 319. The maximum absolute atomic E-state index is 12.1. The van der Waals surface area contributed by atoms with E-state index in [0.717, 1.165) is 12.8 Å². The highest BCUT2D eigenvalue weighted by Gasteiger charge is 2.35. The molecule has 1 rings (SSSR count). The van der Waals surface area contributed by atoms with Crippen LogP contribution >= 0.6 is 0 Å². The Morgan fingerprint density at radius 2 is 1.94 bits per heavy atom. The van der Waals surface area contributed by atoms with Crippen LogP contribution in [-0.2, 0) is 9.59 Å². The quantitative estimate of drug-likeness (QED) is 0.750. The lowest BCUT2D eigenvalue weighted by atomic mass is 10.1. The number of hydrogen-bond acceptors (Lipinski definition) is 3. The first-order chi connectivity index (χ1) is 8.20. The van der Waals surface area contributed by atoms with E-state index in [0.29, 0.717) is 12.6 Å². The maximum Gasteiger partial charge on any atom is 0.304 e. The van der Waals surface area contributed by atoms with Crippen molar-refractivity contribution in [3.63, 3.8) is 0 Å². The predicted octanol–water partition coefficient (Wildman–Crippen LogP) is 1.23. The topological polar surface area (TPSA) is 69.6 Å². The van der Waals surface area contributed by atoms with Gasteiger partial charge in [-0.2, -0.15) is 0 Å². The number of carboxylic acid groups (broad SMARTS) is 1. The van der Waals surface area contributed by atoms with Gasteiger partial charge in [0.25, 0.3) is 0 Å². The van der Waals surface area contributed by atoms with Crippen LogP contribution in [0, 0.1) is 0 Å². The van der Waals surface area contributed by atoms with Crippen molar-refractivity contribution in [3.8, 4) is 0 Å². The summed E-state index contributed by atoms with van der Waals surface area (Å²) in [4.78, 5) is 24.7. The summed E-state index contributed by atoms with van der Waals surface area (Å²) >= 11 is 0. The summed E-state index contributed by atoms with van der Waals surface area (Å²) in [6.07, 6.45) is 2.21. The number of aliphatic carboxylic acids is 1. The molecule has 18 heavy (non-hydrogen) atoms. The Morgan fingerprint density at radius 1 is 1.39 bits per heavy atom. The molecule has 0 spiro atoms. The molecule has 1 saturated carbocycles. The monoisotopic (exact) mass is 256 g/mol. The lowest BCUT2D eigenvalue weighted by Gasteiger charge is -2.30. The fourth-order valence-electron chi connectivity index (χ4n) is 1.95. The fourth-order valence-corrected chi connectivity index (χ4v) is 1.95. The fraction of sp³-hybridized carbons (Fsp3) is 0.846. The van der Waals surface area contributed by atoms with Crippen molar-refractivity contribution in [1.82, 2.24) is 10.2 Å². The Hall–Kier alpha value is -1.10. The van der Waals surface area contributed by atoms with Crippen LogP contribution in [0.3, 0.4) is 0 Å². The van der Waals surface area contributed by atoms with E-state index in [1.54, 1.807) is 0 Å². The summed E-state index contributed by atoms with van der Waals surface area (Å²) in [6.45, 7) is 8.11. The second-order valence-electron chi connectivity index (χ2n) is 6.03. The molecule has 2 N–H and O–H groups in total. The Balaban J connectivity index is 2.56. The van der Waals surface area contributed by atoms with Crippen molar-refractivity contribution in [2.24, 2.45) is 0 Å². The molecule has 0 bridgehead atoms. The summed E-state index contributed by atoms with van der Waals surface area (Å²) in [7, 11) is 0. The molecule has 1 aliphatic rings. The van der Waals surface area contributed by atoms with Gasteiger partial charge in [-0.05, 0) is 40.5 Å². The third kappa shape index (κ3) is 5.04. The summed E-state index contributed by atoms with van der Waals surface area (Å²) < 4.78 is 0. The van der Waals surface area contributed by atoms with Gasteiger partial charge in [-0.15, -0.1) is 0 Å². The van der Waals surface area contributed by atoms with E-state index in [9.17, 15) is 9.59 Å². The molecule has 0 heterocycles. The van der Waals surface area contributed by atoms with Crippen LogP contribution in [0.15, 0.2) is 0 Å². The van der Waals surface area contributed by atoms with Crippen molar-refractivity contribution < 1.29 is 14.7 Å². The molecule has 1 unspecified atom stereocenters. The van der Waals surface area contributed by atoms with Crippen LogP contribution in [0.5, 0.6) is 0 Å². The Kier molecular flexibility index (Phi) is 4.73. The summed E-state index contributed by atoms with van der Waals surface area (Å²) in [5, 5.41) is 11.7. The molecule has 104 valence electrons. The van der Waals surface area contributed by atoms with E-state index in [-0.39, 0.29) is 23.9 Å². The Morgan fingerprint density at radius 3 is 2.33 bits per heavy atom. The minimum absolute atomic E-state index is 0.0280. The number of carboxylic acids is 1. The predicted molar refractivity (Wildman–Crippen MR) is 69.3 cm³/mol. The van der Waals surface area contributed by atoms with Gasteiger partial charge in [0.2, 0.25) is 5.91 Å². The van der Waals surface area contributed by atoms with Gasteiger partial charge in [0.1, 0.15) is 0 Å². The molecule has 1 aliphatic carbocycles. The maximum atomic E-state index is 12.1. The first-order valence-electron chi connectivity index (χ1n) is 6.50. The second kappa shape index (κ2) is 5.69. The molecule has 5 heteroatoms. The highest BCUT2D eigenvalue weighted by atomic mass is 16.4. The number of rotatable bonds is 6. The van der Waals surface area contributed by atoms with E-state index in [4.69, 9.17) is 5.11 Å². The molecule has 1 amide bonds. The molecule has 0 aromatic heterocycles. The number of carbonyl (C=O) groups is 2. The average molecular weight is 256 g/mol. The molecular formula is C13H24N2O3. The Labute approximate surface area is 109 Å². The summed E-state index contributed by atoms with van der Waals surface area (Å²) in [5.41, 5.74) is -0.257. The van der Waals surface area contributed by atoms with E-state index in [1.165, 1.54) is 0 Å². The van der Waals surface area contributed by atoms with Gasteiger partial charge in [-0.3, -0.25) is 14.5 Å². The van der Waals surface area contributed by atoms with Crippen LogP contribution in [0.4, 0.5) is 0 Å². The van der Waals surface area contributed by atoms with Gasteiger partial charge in [0.05, 0.1) is 12.5 Å². The van der Waals surface area contributed by atoms with Crippen molar-refractivity contribution in [2.45, 2.75) is 64.6 Å². The molecule has 0 aromatic rings. The average Bonchev–Trinajstić information content (AvgIpc) is 2.98. The van der Waals surface area contributed by atoms with Gasteiger partial charge in [-0.25, -0.2) is 0 Å². The van der Waals surface area contributed by atoms with E-state index in [1.807, 2.05) is 32.6 Å². The number of nitrogens with one attached hydrogen (secondary N) is 1. The molecule has 5 nitrogen and oxygen atoms in total. The minimum atomic E-state index is -0.816. The van der Waals surface area contributed by atoms with Crippen LogP contribution in [0.25, 0.3) is 0 Å². The van der Waals surface area contributed by atoms with Gasteiger partial charge in [0, 0.05) is 18.1 Å². The molecule has 0 aliphatic heterocycles. The van der Waals surface area contributed by atoms with Gasteiger partial charge < -0.3 is 10.4 Å². The van der Waals surface area contributed by atoms with Crippen LogP contribution in [-0.4, -0.2) is 46.1 Å². The van der Waals surface area contributed by atoms with E-state index < -0.39 is 5.97 Å². The molecule has 0 aromatic carbocycles. The molecule has 1 fully saturated rings. The molecule has 0 saturated heterocycles. The number of carbonyl (C=O) groups excluding carboxylic acids is 1. The van der Waals surface area contributed by atoms with Crippen LogP contribution in [0.2, 0.25) is 0 Å². The van der Waals surface area contributed by atoms with Crippen molar-refractivity contribution >= 4 is 11.9 Å². The van der Waals surface area contributed by atoms with Crippen molar-refractivity contribution in [3.05, 3.63) is 0 Å². The minimum Gasteiger partial charge on any atom is -0.481 e. The second-order valence-corrected chi connectivity index (χ2v) is 6.03. The van der Waals surface area contributed by atoms with Crippen LogP contribution < -0.4 is 5.32 Å². The van der Waals surface area contributed by atoms with Crippen molar-refractivity contribution in [2.75, 3.05) is 6.54 Å². The molecule has 0 radical (unpaired) electrons. The summed E-state index contributed by atoms with van der Waals surface area (Å²) in [6, 6.07) is 0.112. The lowest BCUT2D eigenvalue weighted by molar-refractivity contribution is -0.138. The normalized spacial score (nSPS) is 17.6. The third-order valence-corrected chi connectivity index (χ3v) is 2.97. The SMILES string of the molecule is CC(C(=O)NC(C)(C)C)N(CCC(=O)O)C1CC1. The highest BCUT2D eigenvalue weighted by molar-refractivity contribution is 5.82. The zero-order valence-corrected chi connectivity index (χ0v) is 11.7. The summed E-state index contributed by atoms with van der Waals surface area (Å²) in [5.74, 6) is -0.844. The number of amides is 1.